The van der Waals surface area contributed by atoms with Crippen LogP contribution < -0.4 is 10.2 Å². The van der Waals surface area contributed by atoms with E-state index in [1.165, 1.54) is 0 Å². The van der Waals surface area contributed by atoms with Gasteiger partial charge in [0.25, 0.3) is 0 Å². The van der Waals surface area contributed by atoms with Gasteiger partial charge in [-0.2, -0.15) is 0 Å². The van der Waals surface area contributed by atoms with E-state index < -0.39 is 7.12 Å². The highest BCUT2D eigenvalue weighted by atomic mass is 16.5. The highest BCUT2D eigenvalue weighted by Crippen LogP contribution is 2.21. The van der Waals surface area contributed by atoms with Crippen LogP contribution in [-0.2, 0) is 4.74 Å². The van der Waals surface area contributed by atoms with E-state index in [4.69, 9.17) is 9.47 Å². The van der Waals surface area contributed by atoms with Crippen LogP contribution in [0.4, 0.5) is 0 Å². The maximum absolute atomic E-state index is 9.17. The second kappa shape index (κ2) is 6.47. The minimum atomic E-state index is -1.44. The SMILES string of the molecule is COC(C)(C)CCOc1ccc2cc(B(O)O)ccc2c1. The Balaban J connectivity index is 2.07. The van der Waals surface area contributed by atoms with Gasteiger partial charge in [-0.3, -0.25) is 0 Å². The largest absolute Gasteiger partial charge is 0.493 e. The van der Waals surface area contributed by atoms with Gasteiger partial charge < -0.3 is 19.5 Å². The molecule has 0 aromatic heterocycles. The summed E-state index contributed by atoms with van der Waals surface area (Å²) >= 11 is 0. The zero-order chi connectivity index (χ0) is 15.5. The third kappa shape index (κ3) is 4.20. The van der Waals surface area contributed by atoms with Crippen molar-refractivity contribution in [2.75, 3.05) is 13.7 Å². The number of hydrogen-bond acceptors (Lipinski definition) is 4. The molecule has 0 aliphatic heterocycles. The van der Waals surface area contributed by atoms with Crippen molar-refractivity contribution in [2.45, 2.75) is 25.9 Å². The van der Waals surface area contributed by atoms with Gasteiger partial charge in [-0.1, -0.05) is 24.3 Å². The maximum Gasteiger partial charge on any atom is 0.488 e. The Morgan fingerprint density at radius 1 is 1.05 bits per heavy atom. The summed E-state index contributed by atoms with van der Waals surface area (Å²) in [4.78, 5) is 0. The third-order valence-corrected chi connectivity index (χ3v) is 3.66. The lowest BCUT2D eigenvalue weighted by Gasteiger charge is -2.22. The van der Waals surface area contributed by atoms with E-state index in [1.54, 1.807) is 19.2 Å². The van der Waals surface area contributed by atoms with Gasteiger partial charge in [0.1, 0.15) is 5.75 Å². The van der Waals surface area contributed by atoms with Crippen LogP contribution in [0.15, 0.2) is 36.4 Å². The molecule has 0 spiro atoms. The lowest BCUT2D eigenvalue weighted by Crippen LogP contribution is -2.29. The quantitative estimate of drug-likeness (QED) is 0.795. The fourth-order valence-corrected chi connectivity index (χ4v) is 2.01. The number of benzene rings is 2. The Labute approximate surface area is 125 Å². The highest BCUT2D eigenvalue weighted by molar-refractivity contribution is 6.58. The van der Waals surface area contributed by atoms with E-state index in [0.717, 1.165) is 22.9 Å². The average Bonchev–Trinajstić information content (AvgIpc) is 2.46. The van der Waals surface area contributed by atoms with Gasteiger partial charge in [0.05, 0.1) is 12.2 Å². The molecule has 0 bridgehead atoms. The first-order valence-electron chi connectivity index (χ1n) is 6.99. The molecule has 4 nitrogen and oxygen atoms in total. The fourth-order valence-electron chi connectivity index (χ4n) is 2.01. The number of hydrogen-bond donors (Lipinski definition) is 2. The molecule has 0 amide bonds. The van der Waals surface area contributed by atoms with Crippen molar-refractivity contribution in [1.29, 1.82) is 0 Å². The van der Waals surface area contributed by atoms with Gasteiger partial charge in [0.2, 0.25) is 0 Å². The first kappa shape index (κ1) is 15.8. The van der Waals surface area contributed by atoms with Crippen LogP contribution in [-0.4, -0.2) is 36.5 Å². The molecule has 5 heteroatoms. The molecular weight excluding hydrogens is 267 g/mol. The predicted molar refractivity (Wildman–Crippen MR) is 85.0 cm³/mol. The van der Waals surface area contributed by atoms with E-state index in [2.05, 4.69) is 0 Å². The average molecular weight is 288 g/mol. The van der Waals surface area contributed by atoms with E-state index >= 15 is 0 Å². The maximum atomic E-state index is 9.17. The van der Waals surface area contributed by atoms with Gasteiger partial charge in [-0.05, 0) is 42.2 Å². The summed E-state index contributed by atoms with van der Waals surface area (Å²) in [5.74, 6) is 0.798. The predicted octanol–water partition coefficient (Wildman–Crippen LogP) is 1.71. The van der Waals surface area contributed by atoms with Crippen LogP contribution in [0.2, 0.25) is 0 Å². The van der Waals surface area contributed by atoms with Crippen LogP contribution in [0.1, 0.15) is 20.3 Å². The van der Waals surface area contributed by atoms with Crippen LogP contribution in [0, 0.1) is 0 Å². The zero-order valence-electron chi connectivity index (χ0n) is 12.7. The van der Waals surface area contributed by atoms with Crippen LogP contribution >= 0.6 is 0 Å². The highest BCUT2D eigenvalue weighted by Gasteiger charge is 2.16. The molecule has 2 rings (SSSR count). The molecule has 2 aromatic rings. The molecule has 0 saturated carbocycles. The fraction of sp³-hybridized carbons (Fsp3) is 0.375. The summed E-state index contributed by atoms with van der Waals surface area (Å²) in [6.45, 7) is 4.64. The van der Waals surface area contributed by atoms with Crippen molar-refractivity contribution >= 4 is 23.4 Å². The van der Waals surface area contributed by atoms with Gasteiger partial charge in [0, 0.05) is 13.5 Å². The Morgan fingerprint density at radius 2 is 1.71 bits per heavy atom. The molecule has 21 heavy (non-hydrogen) atoms. The van der Waals surface area contributed by atoms with Crippen molar-refractivity contribution in [3.05, 3.63) is 36.4 Å². The number of ether oxygens (including phenoxy) is 2. The van der Waals surface area contributed by atoms with Crippen molar-refractivity contribution in [3.63, 3.8) is 0 Å². The summed E-state index contributed by atoms with van der Waals surface area (Å²) in [6, 6.07) is 11.1. The number of methoxy groups -OCH3 is 1. The topological polar surface area (TPSA) is 58.9 Å². The minimum absolute atomic E-state index is 0.191. The van der Waals surface area contributed by atoms with Crippen molar-refractivity contribution in [3.8, 4) is 5.75 Å². The van der Waals surface area contributed by atoms with E-state index in [1.807, 2.05) is 38.1 Å². The van der Waals surface area contributed by atoms with Crippen molar-refractivity contribution in [2.24, 2.45) is 0 Å². The number of fused-ring (bicyclic) bond motifs is 1. The van der Waals surface area contributed by atoms with E-state index in [9.17, 15) is 10.0 Å². The lowest BCUT2D eigenvalue weighted by atomic mass is 9.79. The Hall–Kier alpha value is -1.56. The summed E-state index contributed by atoms with van der Waals surface area (Å²) in [7, 11) is 0.255. The third-order valence-electron chi connectivity index (χ3n) is 3.66. The normalized spacial score (nSPS) is 11.7. The second-order valence-corrected chi connectivity index (χ2v) is 5.70. The van der Waals surface area contributed by atoms with Crippen LogP contribution in [0.3, 0.4) is 0 Å². The van der Waals surface area contributed by atoms with Gasteiger partial charge in [-0.15, -0.1) is 0 Å². The molecule has 112 valence electrons. The van der Waals surface area contributed by atoms with Gasteiger partial charge >= 0.3 is 7.12 Å². The van der Waals surface area contributed by atoms with Gasteiger partial charge in [-0.25, -0.2) is 0 Å². The Bertz CT molecular complexity index is 610. The Morgan fingerprint density at radius 3 is 2.38 bits per heavy atom. The van der Waals surface area contributed by atoms with Crippen molar-refractivity contribution in [1.82, 2.24) is 0 Å². The zero-order valence-corrected chi connectivity index (χ0v) is 12.7. The molecule has 2 aromatic carbocycles. The molecule has 0 saturated heterocycles. The van der Waals surface area contributed by atoms with E-state index in [-0.39, 0.29) is 5.60 Å². The lowest BCUT2D eigenvalue weighted by molar-refractivity contribution is 0.00547. The molecule has 0 heterocycles. The minimum Gasteiger partial charge on any atom is -0.493 e. The monoisotopic (exact) mass is 288 g/mol. The summed E-state index contributed by atoms with van der Waals surface area (Å²) in [5.41, 5.74) is 0.293. The van der Waals surface area contributed by atoms with Gasteiger partial charge in [0.15, 0.2) is 0 Å². The van der Waals surface area contributed by atoms with Crippen molar-refractivity contribution < 1.29 is 19.5 Å². The van der Waals surface area contributed by atoms with Crippen LogP contribution in [0.5, 0.6) is 5.75 Å². The van der Waals surface area contributed by atoms with E-state index in [0.29, 0.717) is 12.1 Å². The first-order chi connectivity index (χ1) is 9.91. The molecule has 0 atom stereocenters. The molecule has 0 fully saturated rings. The molecule has 0 unspecified atom stereocenters. The second-order valence-electron chi connectivity index (χ2n) is 5.70. The molecular formula is C16H21BO4. The number of rotatable bonds is 6. The smallest absolute Gasteiger partial charge is 0.488 e. The molecule has 0 radical (unpaired) electrons. The first-order valence-corrected chi connectivity index (χ1v) is 6.99. The molecule has 0 aliphatic rings. The molecule has 0 aliphatic carbocycles. The summed E-state index contributed by atoms with van der Waals surface area (Å²) < 4.78 is 11.1. The standard InChI is InChI=1S/C16H21BO4/c1-16(2,20-3)8-9-21-15-7-5-12-10-14(17(18)19)6-4-13(12)11-15/h4-7,10-11,18-19H,8-9H2,1-3H3. The van der Waals surface area contributed by atoms with Crippen LogP contribution in [0.25, 0.3) is 10.8 Å². The summed E-state index contributed by atoms with van der Waals surface area (Å²) in [6.07, 6.45) is 0.803. The summed E-state index contributed by atoms with van der Waals surface area (Å²) in [5, 5.41) is 20.3. The molecule has 2 N–H and O–H groups in total. The Kier molecular flexibility index (Phi) is 4.88.